The Morgan fingerprint density at radius 2 is 1.24 bits per heavy atom. The summed E-state index contributed by atoms with van der Waals surface area (Å²) in [6, 6.07) is 0. The van der Waals surface area contributed by atoms with E-state index in [1.54, 1.807) is 0 Å². The van der Waals surface area contributed by atoms with Crippen LogP contribution < -0.4 is 0 Å². The lowest BCUT2D eigenvalue weighted by Crippen LogP contribution is -2.39. The highest BCUT2D eigenvalue weighted by Crippen LogP contribution is 2.27. The SMILES string of the molecule is CCCCCCCCCCCCC(CCCCCCCC)CC(S)OC(CC)OCC(O)([PH+]=O)C(=O)O. The molecule has 0 aliphatic carbocycles. The van der Waals surface area contributed by atoms with E-state index in [0.29, 0.717) is 12.3 Å². The van der Waals surface area contributed by atoms with Crippen molar-refractivity contribution < 1.29 is 29.0 Å². The number of carboxylic acids is 1. The van der Waals surface area contributed by atoms with Crippen molar-refractivity contribution in [2.75, 3.05) is 6.61 Å². The smallest absolute Gasteiger partial charge is 0.390 e. The summed E-state index contributed by atoms with van der Waals surface area (Å²) < 4.78 is 22.6. The molecule has 0 spiro atoms. The Bertz CT molecular complexity index is 552. The van der Waals surface area contributed by atoms with Gasteiger partial charge in [0.05, 0.1) is 0 Å². The largest absolute Gasteiger partial charge is 0.476 e. The van der Waals surface area contributed by atoms with Crippen LogP contribution in [0.1, 0.15) is 149 Å². The molecule has 0 aromatic rings. The molecule has 0 aliphatic rings. The Kier molecular flexibility index (Phi) is 24.7. The van der Waals surface area contributed by atoms with Gasteiger partial charge in [0.15, 0.2) is 6.29 Å². The van der Waals surface area contributed by atoms with Crippen molar-refractivity contribution in [3.8, 4) is 0 Å². The van der Waals surface area contributed by atoms with Gasteiger partial charge in [0.25, 0.3) is 0 Å². The second kappa shape index (κ2) is 24.8. The van der Waals surface area contributed by atoms with Gasteiger partial charge in [0, 0.05) is 0 Å². The lowest BCUT2D eigenvalue weighted by atomic mass is 9.91. The van der Waals surface area contributed by atoms with Gasteiger partial charge < -0.3 is 19.7 Å². The number of aliphatic hydroxyl groups is 1. The number of carboxylic acid groups (broad SMARTS) is 1. The molecule has 0 amide bonds. The topological polar surface area (TPSA) is 93.1 Å². The van der Waals surface area contributed by atoms with Crippen LogP contribution >= 0.6 is 21.1 Å². The zero-order valence-electron chi connectivity index (χ0n) is 24.1. The summed E-state index contributed by atoms with van der Waals surface area (Å²) in [5.74, 6) is -1.02. The number of rotatable bonds is 28. The van der Waals surface area contributed by atoms with Gasteiger partial charge in [0.2, 0.25) is 0 Å². The van der Waals surface area contributed by atoms with E-state index >= 15 is 0 Å². The molecule has 37 heavy (non-hydrogen) atoms. The number of unbranched alkanes of at least 4 members (excludes halogenated alkanes) is 14. The molecule has 0 radical (unpaired) electrons. The normalized spacial score (nSPS) is 15.9. The first-order valence-corrected chi connectivity index (χ1v) is 16.6. The average Bonchev–Trinajstić information content (AvgIpc) is 2.88. The summed E-state index contributed by atoms with van der Waals surface area (Å²) in [4.78, 5) is 11.2. The van der Waals surface area contributed by atoms with Gasteiger partial charge in [-0.3, -0.25) is 0 Å². The molecule has 0 fully saturated rings. The van der Waals surface area contributed by atoms with E-state index in [2.05, 4.69) is 26.5 Å². The Morgan fingerprint density at radius 1 is 0.811 bits per heavy atom. The molecular formula is C29H58O6PS+. The van der Waals surface area contributed by atoms with Crippen LogP contribution in [-0.2, 0) is 18.8 Å². The van der Waals surface area contributed by atoms with Gasteiger partial charge in [-0.15, -0.1) is 12.6 Å². The second-order valence-corrected chi connectivity index (χ2v) is 12.2. The summed E-state index contributed by atoms with van der Waals surface area (Å²) in [6.45, 7) is 5.79. The molecule has 0 aliphatic heterocycles. The first-order valence-electron chi connectivity index (χ1n) is 15.1. The van der Waals surface area contributed by atoms with Crippen LogP contribution in [0.3, 0.4) is 0 Å². The highest BCUT2D eigenvalue weighted by atomic mass is 32.1. The van der Waals surface area contributed by atoms with Crippen molar-refractivity contribution in [3.05, 3.63) is 0 Å². The van der Waals surface area contributed by atoms with E-state index in [9.17, 15) is 14.5 Å². The molecule has 0 bridgehead atoms. The van der Waals surface area contributed by atoms with Crippen molar-refractivity contribution in [1.82, 2.24) is 0 Å². The van der Waals surface area contributed by atoms with Crippen LogP contribution in [0.15, 0.2) is 0 Å². The predicted octanol–water partition coefficient (Wildman–Crippen LogP) is 8.88. The zero-order chi connectivity index (χ0) is 27.8. The van der Waals surface area contributed by atoms with Crippen molar-refractivity contribution in [3.63, 3.8) is 0 Å². The summed E-state index contributed by atoms with van der Waals surface area (Å²) in [5, 5.41) is 16.6. The average molecular weight is 566 g/mol. The lowest BCUT2D eigenvalue weighted by molar-refractivity contribution is -0.183. The molecule has 0 aromatic carbocycles. The van der Waals surface area contributed by atoms with Crippen molar-refractivity contribution in [1.29, 1.82) is 0 Å². The second-order valence-electron chi connectivity index (χ2n) is 10.6. The fourth-order valence-corrected chi connectivity index (χ4v) is 5.29. The van der Waals surface area contributed by atoms with E-state index < -0.39 is 32.7 Å². The lowest BCUT2D eigenvalue weighted by Gasteiger charge is -2.25. The molecule has 0 saturated carbocycles. The van der Waals surface area contributed by atoms with E-state index in [0.717, 1.165) is 6.42 Å². The first kappa shape index (κ1) is 36.8. The number of hydrogen-bond donors (Lipinski definition) is 3. The highest BCUT2D eigenvalue weighted by molar-refractivity contribution is 7.80. The van der Waals surface area contributed by atoms with Crippen LogP contribution in [0.2, 0.25) is 0 Å². The molecule has 220 valence electrons. The maximum Gasteiger partial charge on any atom is 0.390 e. The van der Waals surface area contributed by atoms with Gasteiger partial charge in [-0.2, -0.15) is 0 Å². The molecule has 5 atom stereocenters. The van der Waals surface area contributed by atoms with Crippen molar-refractivity contribution in [2.24, 2.45) is 5.92 Å². The van der Waals surface area contributed by atoms with Gasteiger partial charge in [-0.25, -0.2) is 4.79 Å². The molecule has 0 rings (SSSR count). The van der Waals surface area contributed by atoms with E-state index in [1.165, 1.54) is 116 Å². The minimum Gasteiger partial charge on any atom is -0.476 e. The van der Waals surface area contributed by atoms with E-state index in [-0.39, 0.29) is 5.44 Å². The monoisotopic (exact) mass is 565 g/mol. The van der Waals surface area contributed by atoms with Crippen molar-refractivity contribution in [2.45, 2.75) is 166 Å². The summed E-state index contributed by atoms with van der Waals surface area (Å²) in [6.07, 6.45) is 24.0. The Morgan fingerprint density at radius 3 is 1.62 bits per heavy atom. The number of carbonyl (C=O) groups is 1. The molecule has 5 unspecified atom stereocenters. The Labute approximate surface area is 234 Å². The van der Waals surface area contributed by atoms with Gasteiger partial charge >= 0.3 is 19.8 Å². The quantitative estimate of drug-likeness (QED) is 0.0380. The first-order chi connectivity index (χ1) is 17.8. The number of ether oxygens (including phenoxy) is 2. The van der Waals surface area contributed by atoms with Crippen LogP contribution in [0.5, 0.6) is 0 Å². The summed E-state index contributed by atoms with van der Waals surface area (Å²) in [7, 11) is -1.42. The zero-order valence-corrected chi connectivity index (χ0v) is 26.0. The molecule has 6 nitrogen and oxygen atoms in total. The van der Waals surface area contributed by atoms with Gasteiger partial charge in [-0.1, -0.05) is 141 Å². The fourth-order valence-electron chi connectivity index (χ4n) is 4.63. The predicted molar refractivity (Wildman–Crippen MR) is 158 cm³/mol. The third kappa shape index (κ3) is 20.4. The van der Waals surface area contributed by atoms with Crippen LogP contribution in [0.25, 0.3) is 0 Å². The van der Waals surface area contributed by atoms with Crippen LogP contribution in [0.4, 0.5) is 0 Å². The Hall–Kier alpha value is -0.200. The molecule has 0 heterocycles. The minimum atomic E-state index is -2.40. The maximum absolute atomic E-state index is 11.2. The van der Waals surface area contributed by atoms with E-state index in [1.807, 2.05) is 6.92 Å². The summed E-state index contributed by atoms with van der Waals surface area (Å²) >= 11 is 4.67. The minimum absolute atomic E-state index is 0.328. The third-order valence-corrected chi connectivity index (χ3v) is 8.14. The van der Waals surface area contributed by atoms with E-state index in [4.69, 9.17) is 14.6 Å². The molecule has 0 saturated heterocycles. The standard InChI is InChI=1S/C29H57O6PS/c1-4-7-9-11-13-14-15-16-18-20-22-25(21-19-17-12-10-8-5-2)23-27(37)35-26(6-3)34-24-29(32,36-33)28(30)31/h25-27,32,37H,4-24H2,1-3H3,(H,30,31)/p+1. The van der Waals surface area contributed by atoms with Crippen LogP contribution in [-0.4, -0.2) is 39.9 Å². The summed E-state index contributed by atoms with van der Waals surface area (Å²) in [5.41, 5.74) is -0.328. The molecule has 2 N–H and O–H groups in total. The number of aliphatic carboxylic acids is 1. The van der Waals surface area contributed by atoms with Crippen molar-refractivity contribution >= 4 is 27.1 Å². The molecule has 0 aromatic heterocycles. The van der Waals surface area contributed by atoms with Gasteiger partial charge in [0.1, 0.15) is 12.0 Å². The fraction of sp³-hybridized carbons (Fsp3) is 0.966. The maximum atomic E-state index is 11.2. The van der Waals surface area contributed by atoms with Gasteiger partial charge in [-0.05, 0) is 18.8 Å². The highest BCUT2D eigenvalue weighted by Gasteiger charge is 2.47. The third-order valence-electron chi connectivity index (χ3n) is 7.11. The Balaban J connectivity index is 4.51. The molecular weight excluding hydrogens is 507 g/mol. The molecule has 8 heteroatoms. The number of thiol groups is 1. The number of hydrogen-bond acceptors (Lipinski definition) is 6. The van der Waals surface area contributed by atoms with Crippen LogP contribution in [0, 0.1) is 5.92 Å².